The maximum absolute atomic E-state index is 12.3. The molecule has 5 rings (SSSR count). The number of unbranched alkanes of at least 4 members (excludes halogenated alkanes) is 2. The van der Waals surface area contributed by atoms with Gasteiger partial charge in [-0.2, -0.15) is 15.0 Å². The van der Waals surface area contributed by atoms with Gasteiger partial charge >= 0.3 is 11.9 Å². The summed E-state index contributed by atoms with van der Waals surface area (Å²) < 4.78 is 11.3. The third-order valence-electron chi connectivity index (χ3n) is 13.3. The fourth-order valence-corrected chi connectivity index (χ4v) is 12.6. The Hall–Kier alpha value is -2.61. The van der Waals surface area contributed by atoms with Crippen molar-refractivity contribution in [2.45, 2.75) is 298 Å². The molecule has 0 unspecified atom stereocenters. The molecule has 0 bridgehead atoms. The summed E-state index contributed by atoms with van der Waals surface area (Å²) in [6, 6.07) is 0.793. The molecule has 0 amide bonds. The van der Waals surface area contributed by atoms with E-state index in [2.05, 4.69) is 156 Å². The molecular formula is C53H104N9O4+. The van der Waals surface area contributed by atoms with Gasteiger partial charge in [-0.25, -0.2) is 0 Å². The zero-order valence-electron chi connectivity index (χ0n) is 44.4. The van der Waals surface area contributed by atoms with Gasteiger partial charge in [-0.1, -0.05) is 41.5 Å². The molecule has 66 heavy (non-hydrogen) atoms. The average Bonchev–Trinajstić information content (AvgIpc) is 3.03. The molecule has 0 spiro atoms. The van der Waals surface area contributed by atoms with E-state index in [-0.39, 0.29) is 77.8 Å². The molecule has 13 heteroatoms. The number of hydrogen-bond donors (Lipinski definition) is 4. The van der Waals surface area contributed by atoms with E-state index in [0.717, 1.165) is 108 Å². The van der Waals surface area contributed by atoms with Crippen LogP contribution in [0.2, 0.25) is 0 Å². The quantitative estimate of drug-likeness (QED) is 0.104. The number of piperidine rings is 4. The van der Waals surface area contributed by atoms with Gasteiger partial charge in [0.25, 0.3) is 0 Å². The number of anilines is 2. The minimum atomic E-state index is -0.487. The lowest BCUT2D eigenvalue weighted by molar-refractivity contribution is -0.789. The van der Waals surface area contributed by atoms with Gasteiger partial charge in [0.05, 0.1) is 11.1 Å². The van der Waals surface area contributed by atoms with Crippen molar-refractivity contribution in [2.75, 3.05) is 22.9 Å². The molecule has 1 aromatic rings. The predicted molar refractivity (Wildman–Crippen MR) is 275 cm³/mol. The zero-order valence-corrected chi connectivity index (χ0v) is 44.4. The van der Waals surface area contributed by atoms with Crippen molar-refractivity contribution in [2.24, 2.45) is 0 Å². The highest BCUT2D eigenvalue weighted by molar-refractivity contribution is 5.91. The first-order valence-corrected chi connectivity index (χ1v) is 25.0. The second kappa shape index (κ2) is 22.4. The number of nitrogens with two attached hydrogens (primary N) is 1. The molecule has 4 aliphatic heterocycles. The monoisotopic (exact) mass is 931 g/mol. The summed E-state index contributed by atoms with van der Waals surface area (Å²) in [5.74, 6) is 1.58. The number of aryl methyl sites for hydroxylation is 1. The first-order chi connectivity index (χ1) is 29.1. The Labute approximate surface area is 405 Å². The fraction of sp³-hybridized carbons (Fsp3) is 0.906. The molecule has 4 fully saturated rings. The van der Waals surface area contributed by atoms with Gasteiger partial charge in [-0.3, -0.25) is 9.59 Å². The number of ether oxygens (including phenoxy) is 2. The average molecular weight is 931 g/mol. The number of carbonyl (C=O) groups is 2. The molecule has 0 aliphatic carbocycles. The first-order valence-electron chi connectivity index (χ1n) is 25.0. The van der Waals surface area contributed by atoms with Crippen LogP contribution in [0.4, 0.5) is 11.9 Å². The van der Waals surface area contributed by atoms with Crippen LogP contribution >= 0.6 is 0 Å². The second-order valence-corrected chi connectivity index (χ2v) is 25.7. The Bertz CT molecular complexity index is 1540. The minimum absolute atomic E-state index is 0. The van der Waals surface area contributed by atoms with E-state index in [1.165, 1.54) is 0 Å². The summed E-state index contributed by atoms with van der Waals surface area (Å²) in [4.78, 5) is 44.8. The molecule has 5 heterocycles. The maximum Gasteiger partial charge on any atom is 0.317 e. The van der Waals surface area contributed by atoms with Crippen molar-refractivity contribution in [1.29, 1.82) is 0 Å². The molecule has 5 N–H and O–H groups in total. The number of rotatable bonds is 14. The van der Waals surface area contributed by atoms with Gasteiger partial charge < -0.3 is 40.5 Å². The topological polar surface area (TPSA) is 150 Å². The van der Waals surface area contributed by atoms with Crippen molar-refractivity contribution in [3.63, 3.8) is 0 Å². The highest BCUT2D eigenvalue weighted by atomic mass is 16.6. The Morgan fingerprint density at radius 2 is 0.833 bits per heavy atom. The number of hydrogen-bond acceptors (Lipinski definition) is 12. The van der Waals surface area contributed by atoms with E-state index < -0.39 is 11.9 Å². The Kier molecular flexibility index (Phi) is 20.2. The van der Waals surface area contributed by atoms with Crippen LogP contribution in [0.3, 0.4) is 0 Å². The molecule has 4 aliphatic rings. The van der Waals surface area contributed by atoms with Gasteiger partial charge in [0, 0.05) is 84.1 Å². The largest absolute Gasteiger partial charge is 0.462 e. The summed E-state index contributed by atoms with van der Waals surface area (Å²) in [6.45, 7) is 44.2. The van der Waals surface area contributed by atoms with Crippen molar-refractivity contribution in [3.8, 4) is 0 Å². The molecule has 0 atom stereocenters. The lowest BCUT2D eigenvalue weighted by Gasteiger charge is -2.50. The molecule has 13 nitrogen and oxygen atoms in total. The number of carbonyl (C=O) groups excluding carboxylic acids is 2. The van der Waals surface area contributed by atoms with Crippen LogP contribution < -0.4 is 31.1 Å². The lowest BCUT2D eigenvalue weighted by atomic mass is 9.79. The van der Waals surface area contributed by atoms with Gasteiger partial charge in [0.15, 0.2) is 0 Å². The van der Waals surface area contributed by atoms with E-state index in [9.17, 15) is 9.59 Å². The minimum Gasteiger partial charge on any atom is -0.462 e. The zero-order chi connectivity index (χ0) is 48.3. The standard InChI is InChI=1S/C30H57N7.C21H38N2O4.2CH4/c1-12-14-16-36(23-18-27(4,5)34-28(6,7)19-23)25-31-22(3)32-26(33-25)37(17-15-13-2)24-20-29(8,9)35-30(10,11)21-24;1-18(2)10-14(11-19(3,4)22-18)26-16(24)9-17(25)27-15-12-20(5,6)23-21(7,8)13-15;;/h23-24,34-35H,12-21H2,1-11H3;14-15,22-23H,9-13H2,1-8H3;2*1H4/p+1. The highest BCUT2D eigenvalue weighted by Gasteiger charge is 2.45. The normalized spacial score (nSPS) is 24.0. The van der Waals surface area contributed by atoms with Gasteiger partial charge in [0.1, 0.15) is 24.5 Å². The number of nitrogens with one attached hydrogen (secondary N) is 3. The summed E-state index contributed by atoms with van der Waals surface area (Å²) in [6.07, 6.45) is 11.3. The van der Waals surface area contributed by atoms with E-state index in [1.54, 1.807) is 0 Å². The van der Waals surface area contributed by atoms with Crippen LogP contribution in [0.5, 0.6) is 0 Å². The maximum atomic E-state index is 12.3. The van der Waals surface area contributed by atoms with E-state index in [1.807, 2.05) is 6.92 Å². The van der Waals surface area contributed by atoms with Gasteiger partial charge in [-0.15, -0.1) is 0 Å². The Morgan fingerprint density at radius 1 is 0.530 bits per heavy atom. The number of quaternary nitrogens is 1. The van der Waals surface area contributed by atoms with E-state index >= 15 is 0 Å². The van der Waals surface area contributed by atoms with Crippen molar-refractivity contribution in [3.05, 3.63) is 5.82 Å². The van der Waals surface area contributed by atoms with Crippen LogP contribution in [0.15, 0.2) is 0 Å². The third kappa shape index (κ3) is 18.7. The molecular weight excluding hydrogens is 827 g/mol. The van der Waals surface area contributed by atoms with Crippen LogP contribution in [0.25, 0.3) is 0 Å². The van der Waals surface area contributed by atoms with Crippen molar-refractivity contribution >= 4 is 23.8 Å². The molecule has 1 aromatic heterocycles. The molecule has 0 radical (unpaired) electrons. The van der Waals surface area contributed by atoms with E-state index in [4.69, 9.17) is 24.4 Å². The third-order valence-corrected chi connectivity index (χ3v) is 13.3. The molecule has 4 saturated heterocycles. The highest BCUT2D eigenvalue weighted by Crippen LogP contribution is 2.37. The van der Waals surface area contributed by atoms with Crippen LogP contribution in [0.1, 0.15) is 229 Å². The smallest absolute Gasteiger partial charge is 0.317 e. The SMILES string of the molecule is C.C.CC1(C)CC(OC(=O)CC(=O)OC2CC(C)(C)[NH2+]C(C)(C)C2)CC(C)(C)N1.CCCCN(c1nc(C)nc(N(CCCC)C2CC(C)(C)NC(C)(C)C2)n1)C1CC(C)(C)NC(C)(C)C1. The summed E-state index contributed by atoms with van der Waals surface area (Å²) >= 11 is 0. The molecule has 0 aromatic carbocycles. The second-order valence-electron chi connectivity index (χ2n) is 25.7. The van der Waals surface area contributed by atoms with Crippen molar-refractivity contribution in [1.82, 2.24) is 30.9 Å². The number of esters is 2. The predicted octanol–water partition coefficient (Wildman–Crippen LogP) is 9.34. The van der Waals surface area contributed by atoms with Gasteiger partial charge in [-0.05, 0) is 156 Å². The van der Waals surface area contributed by atoms with Crippen LogP contribution in [-0.2, 0) is 19.1 Å². The Balaban J connectivity index is 0.000000461. The Morgan fingerprint density at radius 3 is 1.15 bits per heavy atom. The fourth-order valence-electron chi connectivity index (χ4n) is 12.6. The first kappa shape index (κ1) is 59.5. The van der Waals surface area contributed by atoms with Crippen LogP contribution in [-0.4, -0.2) is 109 Å². The molecule has 384 valence electrons. The van der Waals surface area contributed by atoms with Crippen molar-refractivity contribution < 1.29 is 24.4 Å². The van der Waals surface area contributed by atoms with Gasteiger partial charge in [0.2, 0.25) is 11.9 Å². The van der Waals surface area contributed by atoms with E-state index in [0.29, 0.717) is 12.1 Å². The lowest BCUT2D eigenvalue weighted by Crippen LogP contribution is -3.06. The summed E-state index contributed by atoms with van der Waals surface area (Å²) in [5, 5.41) is 13.6. The van der Waals surface area contributed by atoms with Crippen LogP contribution in [0, 0.1) is 6.92 Å². The summed E-state index contributed by atoms with van der Waals surface area (Å²) in [7, 11) is 0. The number of nitrogens with zero attached hydrogens (tertiary/aromatic N) is 5. The number of aromatic nitrogens is 3. The molecule has 0 saturated carbocycles. The summed E-state index contributed by atoms with van der Waals surface area (Å²) in [5.41, 5.74) is 0.0930.